The fraction of sp³-hybridized carbons (Fsp3) is 0.154. The molecule has 0 aliphatic heterocycles. The van der Waals surface area contributed by atoms with Gasteiger partial charge in [-0.1, -0.05) is 11.6 Å². The average Bonchev–Trinajstić information content (AvgIpc) is 2.75. The molecule has 1 heterocycles. The third-order valence-electron chi connectivity index (χ3n) is 2.51. The topological polar surface area (TPSA) is 67.2 Å². The van der Waals surface area contributed by atoms with Crippen LogP contribution in [0.1, 0.15) is 11.8 Å². The maximum Gasteiger partial charge on any atom is 0.221 e. The number of benzene rings is 1. The van der Waals surface area contributed by atoms with E-state index in [1.165, 1.54) is 6.92 Å². The number of nitrogens with two attached hydrogens (primary N) is 1. The number of rotatable bonds is 4. The Balaban J connectivity index is 2.04. The lowest BCUT2D eigenvalue weighted by atomic mass is 10.2. The standard InChI is InChI=1S/C13H14ClN3OS/c1-8(18)17-12-3-2-9(6-10(12)14)16-7-13-11(15)4-5-19-13/h2-6,16H,7,15H2,1H3,(H,17,18). The molecule has 1 aromatic carbocycles. The van der Waals surface area contributed by atoms with Gasteiger partial charge in [0.1, 0.15) is 0 Å². The van der Waals surface area contributed by atoms with Crippen molar-refractivity contribution in [2.45, 2.75) is 13.5 Å². The number of carbonyl (C=O) groups excluding carboxylic acids is 1. The third-order valence-corrected chi connectivity index (χ3v) is 3.76. The highest BCUT2D eigenvalue weighted by Crippen LogP contribution is 2.26. The predicted molar refractivity (Wildman–Crippen MR) is 81.8 cm³/mol. The SMILES string of the molecule is CC(=O)Nc1ccc(NCc2sccc2N)cc1Cl. The summed E-state index contributed by atoms with van der Waals surface area (Å²) < 4.78 is 0. The summed E-state index contributed by atoms with van der Waals surface area (Å²) in [6, 6.07) is 7.29. The van der Waals surface area contributed by atoms with E-state index in [9.17, 15) is 4.79 Å². The number of nitrogen functional groups attached to an aromatic ring is 1. The highest BCUT2D eigenvalue weighted by atomic mass is 35.5. The van der Waals surface area contributed by atoms with Crippen LogP contribution < -0.4 is 16.4 Å². The van der Waals surface area contributed by atoms with Gasteiger partial charge in [0.2, 0.25) is 5.91 Å². The Morgan fingerprint density at radius 1 is 1.42 bits per heavy atom. The fourth-order valence-electron chi connectivity index (χ4n) is 1.59. The highest BCUT2D eigenvalue weighted by Gasteiger charge is 2.04. The molecular formula is C13H14ClN3OS. The van der Waals surface area contributed by atoms with Gasteiger partial charge in [-0.25, -0.2) is 0 Å². The van der Waals surface area contributed by atoms with Crippen LogP contribution >= 0.6 is 22.9 Å². The number of hydrogen-bond acceptors (Lipinski definition) is 4. The largest absolute Gasteiger partial charge is 0.398 e. The smallest absolute Gasteiger partial charge is 0.221 e. The van der Waals surface area contributed by atoms with Crippen molar-refractivity contribution < 1.29 is 4.79 Å². The molecule has 0 aliphatic carbocycles. The summed E-state index contributed by atoms with van der Waals surface area (Å²) in [5.74, 6) is -0.144. The highest BCUT2D eigenvalue weighted by molar-refractivity contribution is 7.10. The van der Waals surface area contributed by atoms with Gasteiger partial charge in [-0.3, -0.25) is 4.79 Å². The minimum Gasteiger partial charge on any atom is -0.398 e. The average molecular weight is 296 g/mol. The summed E-state index contributed by atoms with van der Waals surface area (Å²) in [5.41, 5.74) is 8.09. The van der Waals surface area contributed by atoms with Crippen LogP contribution in [0.25, 0.3) is 0 Å². The molecule has 1 aromatic heterocycles. The van der Waals surface area contributed by atoms with Crippen LogP contribution in [0.4, 0.5) is 17.1 Å². The van der Waals surface area contributed by atoms with E-state index in [0.29, 0.717) is 17.3 Å². The third kappa shape index (κ3) is 3.62. The minimum absolute atomic E-state index is 0.144. The zero-order chi connectivity index (χ0) is 13.8. The first kappa shape index (κ1) is 13.7. The summed E-state index contributed by atoms with van der Waals surface area (Å²) in [6.45, 7) is 2.10. The molecular weight excluding hydrogens is 282 g/mol. The monoisotopic (exact) mass is 295 g/mol. The van der Waals surface area contributed by atoms with Gasteiger partial charge in [-0.15, -0.1) is 11.3 Å². The molecule has 0 spiro atoms. The molecule has 0 saturated heterocycles. The molecule has 4 N–H and O–H groups in total. The Bertz CT molecular complexity index is 597. The predicted octanol–water partition coefficient (Wildman–Crippen LogP) is 3.55. The molecule has 2 aromatic rings. The van der Waals surface area contributed by atoms with Crippen molar-refractivity contribution in [3.63, 3.8) is 0 Å². The molecule has 100 valence electrons. The summed E-state index contributed by atoms with van der Waals surface area (Å²) in [4.78, 5) is 12.1. The van der Waals surface area contributed by atoms with Gasteiger partial charge >= 0.3 is 0 Å². The van der Waals surface area contributed by atoms with Gasteiger partial charge in [-0.2, -0.15) is 0 Å². The Kier molecular flexibility index (Phi) is 4.29. The van der Waals surface area contributed by atoms with Crippen molar-refractivity contribution in [1.29, 1.82) is 0 Å². The van der Waals surface area contributed by atoms with Crippen molar-refractivity contribution in [2.75, 3.05) is 16.4 Å². The van der Waals surface area contributed by atoms with E-state index in [-0.39, 0.29) is 5.91 Å². The fourth-order valence-corrected chi connectivity index (χ4v) is 2.56. The van der Waals surface area contributed by atoms with E-state index in [2.05, 4.69) is 10.6 Å². The first-order valence-corrected chi connectivity index (χ1v) is 6.95. The number of anilines is 3. The van der Waals surface area contributed by atoms with E-state index in [1.54, 1.807) is 23.5 Å². The van der Waals surface area contributed by atoms with Crippen molar-refractivity contribution in [1.82, 2.24) is 0 Å². The molecule has 0 radical (unpaired) electrons. The van der Waals surface area contributed by atoms with E-state index in [0.717, 1.165) is 16.3 Å². The number of halogens is 1. The zero-order valence-electron chi connectivity index (χ0n) is 10.4. The minimum atomic E-state index is -0.144. The van der Waals surface area contributed by atoms with Gasteiger partial charge in [0.05, 0.1) is 17.3 Å². The van der Waals surface area contributed by atoms with Crippen LogP contribution in [0, 0.1) is 0 Å². The summed E-state index contributed by atoms with van der Waals surface area (Å²) >= 11 is 7.70. The van der Waals surface area contributed by atoms with E-state index in [4.69, 9.17) is 17.3 Å². The first-order chi connectivity index (χ1) is 9.06. The van der Waals surface area contributed by atoms with Gasteiger partial charge in [0, 0.05) is 23.2 Å². The molecule has 4 nitrogen and oxygen atoms in total. The number of carbonyl (C=O) groups is 1. The second-order valence-corrected chi connectivity index (χ2v) is 5.44. The summed E-state index contributed by atoms with van der Waals surface area (Å²) in [6.07, 6.45) is 0. The number of amides is 1. The molecule has 0 unspecified atom stereocenters. The van der Waals surface area contributed by atoms with Crippen LogP contribution in [0.5, 0.6) is 0 Å². The Hall–Kier alpha value is -1.72. The molecule has 0 aliphatic rings. The molecule has 0 atom stereocenters. The van der Waals surface area contributed by atoms with Crippen LogP contribution in [-0.4, -0.2) is 5.91 Å². The Labute approximate surface area is 120 Å². The normalized spacial score (nSPS) is 10.2. The molecule has 0 bridgehead atoms. The van der Waals surface area contributed by atoms with Crippen LogP contribution in [0.2, 0.25) is 5.02 Å². The van der Waals surface area contributed by atoms with Gasteiger partial charge in [-0.05, 0) is 29.6 Å². The molecule has 2 rings (SSSR count). The van der Waals surface area contributed by atoms with Gasteiger partial charge in [0.25, 0.3) is 0 Å². The van der Waals surface area contributed by atoms with E-state index < -0.39 is 0 Å². The van der Waals surface area contributed by atoms with Crippen LogP contribution in [-0.2, 0) is 11.3 Å². The zero-order valence-corrected chi connectivity index (χ0v) is 11.9. The lowest BCUT2D eigenvalue weighted by Gasteiger charge is -2.09. The van der Waals surface area contributed by atoms with Crippen LogP contribution in [0.15, 0.2) is 29.6 Å². The number of hydrogen-bond donors (Lipinski definition) is 3. The molecule has 0 fully saturated rings. The number of thiophene rings is 1. The summed E-state index contributed by atoms with van der Waals surface area (Å²) in [7, 11) is 0. The lowest BCUT2D eigenvalue weighted by Crippen LogP contribution is -2.06. The van der Waals surface area contributed by atoms with Gasteiger partial charge in [0.15, 0.2) is 0 Å². The first-order valence-electron chi connectivity index (χ1n) is 5.69. The van der Waals surface area contributed by atoms with Crippen LogP contribution in [0.3, 0.4) is 0 Å². The van der Waals surface area contributed by atoms with Crippen molar-refractivity contribution >= 4 is 45.9 Å². The summed E-state index contributed by atoms with van der Waals surface area (Å²) in [5, 5.41) is 8.36. The Morgan fingerprint density at radius 3 is 2.79 bits per heavy atom. The molecule has 19 heavy (non-hydrogen) atoms. The van der Waals surface area contributed by atoms with E-state index >= 15 is 0 Å². The van der Waals surface area contributed by atoms with Crippen molar-refractivity contribution in [3.8, 4) is 0 Å². The van der Waals surface area contributed by atoms with Crippen molar-refractivity contribution in [2.24, 2.45) is 0 Å². The Morgan fingerprint density at radius 2 is 2.21 bits per heavy atom. The molecule has 1 amide bonds. The maximum atomic E-state index is 11.0. The number of nitrogens with one attached hydrogen (secondary N) is 2. The molecule has 6 heteroatoms. The molecule has 0 saturated carbocycles. The van der Waals surface area contributed by atoms with Gasteiger partial charge < -0.3 is 16.4 Å². The van der Waals surface area contributed by atoms with Crippen molar-refractivity contribution in [3.05, 3.63) is 39.5 Å². The quantitative estimate of drug-likeness (QED) is 0.808. The second kappa shape index (κ2) is 5.95. The second-order valence-electron chi connectivity index (χ2n) is 4.03. The maximum absolute atomic E-state index is 11.0. The van der Waals surface area contributed by atoms with E-state index in [1.807, 2.05) is 17.5 Å². The lowest BCUT2D eigenvalue weighted by molar-refractivity contribution is -0.114.